The third-order valence-electron chi connectivity index (χ3n) is 3.85. The van der Waals surface area contributed by atoms with Crippen LogP contribution in [0.2, 0.25) is 0 Å². The van der Waals surface area contributed by atoms with E-state index in [2.05, 4.69) is 17.2 Å². The summed E-state index contributed by atoms with van der Waals surface area (Å²) in [5, 5.41) is 2.94. The normalized spacial score (nSPS) is 15.0. The Hall–Kier alpha value is -2.30. The molecule has 0 aliphatic carbocycles. The maximum atomic E-state index is 12.1. The molecule has 1 N–H and O–H groups in total. The minimum absolute atomic E-state index is 0.0374. The smallest absolute Gasteiger partial charge is 0.321 e. The Kier molecular flexibility index (Phi) is 3.18. The predicted octanol–water partition coefficient (Wildman–Crippen LogP) is 2.59. The fourth-order valence-electron chi connectivity index (χ4n) is 2.32. The number of hydrogen-bond donors (Lipinski definition) is 1. The molecular formula is C15H18N4O. The molecule has 0 spiro atoms. The van der Waals surface area contributed by atoms with Gasteiger partial charge in [-0.05, 0) is 37.1 Å². The highest BCUT2D eigenvalue weighted by atomic mass is 16.2. The third kappa shape index (κ3) is 2.39. The molecule has 20 heavy (non-hydrogen) atoms. The van der Waals surface area contributed by atoms with Crippen molar-refractivity contribution in [2.45, 2.75) is 19.9 Å². The van der Waals surface area contributed by atoms with Crippen LogP contribution in [0, 0.1) is 13.8 Å². The summed E-state index contributed by atoms with van der Waals surface area (Å²) in [5.74, 6) is 0. The lowest BCUT2D eigenvalue weighted by molar-refractivity contribution is 0.135. The minimum atomic E-state index is -0.0374. The van der Waals surface area contributed by atoms with Gasteiger partial charge in [0.2, 0.25) is 0 Å². The SMILES string of the molecule is Cc1ccc(NC(=O)N2CC(n3ccnc3)C2)cc1C. The van der Waals surface area contributed by atoms with E-state index in [9.17, 15) is 4.79 Å². The average molecular weight is 270 g/mol. The Balaban J connectivity index is 1.57. The van der Waals surface area contributed by atoms with Crippen molar-refractivity contribution in [2.75, 3.05) is 18.4 Å². The molecule has 3 rings (SSSR count). The van der Waals surface area contributed by atoms with Gasteiger partial charge in [-0.1, -0.05) is 6.07 Å². The van der Waals surface area contributed by atoms with E-state index in [0.29, 0.717) is 6.04 Å². The lowest BCUT2D eigenvalue weighted by Gasteiger charge is -2.39. The molecule has 1 aromatic heterocycles. The van der Waals surface area contributed by atoms with Gasteiger partial charge in [0.25, 0.3) is 0 Å². The van der Waals surface area contributed by atoms with Gasteiger partial charge in [0, 0.05) is 31.2 Å². The van der Waals surface area contributed by atoms with Crippen molar-refractivity contribution in [3.05, 3.63) is 48.0 Å². The Labute approximate surface area is 118 Å². The zero-order chi connectivity index (χ0) is 14.1. The van der Waals surface area contributed by atoms with Gasteiger partial charge in [-0.25, -0.2) is 9.78 Å². The molecule has 1 aliphatic heterocycles. The summed E-state index contributed by atoms with van der Waals surface area (Å²) < 4.78 is 2.04. The quantitative estimate of drug-likeness (QED) is 0.912. The van der Waals surface area contributed by atoms with E-state index in [0.717, 1.165) is 18.8 Å². The number of hydrogen-bond acceptors (Lipinski definition) is 2. The fourth-order valence-corrected chi connectivity index (χ4v) is 2.32. The number of rotatable bonds is 2. The van der Waals surface area contributed by atoms with Crippen molar-refractivity contribution in [3.63, 3.8) is 0 Å². The van der Waals surface area contributed by atoms with E-state index in [1.54, 1.807) is 17.4 Å². The van der Waals surface area contributed by atoms with Crippen LogP contribution < -0.4 is 5.32 Å². The van der Waals surface area contributed by atoms with Crippen LogP contribution in [-0.4, -0.2) is 33.6 Å². The summed E-state index contributed by atoms with van der Waals surface area (Å²) in [7, 11) is 0. The summed E-state index contributed by atoms with van der Waals surface area (Å²) in [6, 6.07) is 6.27. The maximum absolute atomic E-state index is 12.1. The van der Waals surface area contributed by atoms with E-state index in [1.165, 1.54) is 11.1 Å². The van der Waals surface area contributed by atoms with Crippen LogP contribution in [0.4, 0.5) is 10.5 Å². The molecule has 5 nitrogen and oxygen atoms in total. The highest BCUT2D eigenvalue weighted by Gasteiger charge is 2.31. The highest BCUT2D eigenvalue weighted by molar-refractivity contribution is 5.90. The van der Waals surface area contributed by atoms with Crippen molar-refractivity contribution in [3.8, 4) is 0 Å². The summed E-state index contributed by atoms with van der Waals surface area (Å²) in [4.78, 5) is 17.9. The maximum Gasteiger partial charge on any atom is 0.321 e. The number of amides is 2. The Morgan fingerprint density at radius 1 is 1.30 bits per heavy atom. The first kappa shape index (κ1) is 12.7. The van der Waals surface area contributed by atoms with Gasteiger partial charge >= 0.3 is 6.03 Å². The number of carbonyl (C=O) groups excluding carboxylic acids is 1. The fraction of sp³-hybridized carbons (Fsp3) is 0.333. The molecule has 1 aliphatic rings. The lowest BCUT2D eigenvalue weighted by atomic mass is 10.1. The molecular weight excluding hydrogens is 252 g/mol. The van der Waals surface area contributed by atoms with Crippen LogP contribution in [-0.2, 0) is 0 Å². The van der Waals surface area contributed by atoms with Crippen molar-refractivity contribution in [2.24, 2.45) is 0 Å². The first-order chi connectivity index (χ1) is 9.63. The van der Waals surface area contributed by atoms with Crippen molar-refractivity contribution in [1.29, 1.82) is 0 Å². The number of nitrogens with zero attached hydrogens (tertiary/aromatic N) is 3. The number of anilines is 1. The van der Waals surface area contributed by atoms with E-state index >= 15 is 0 Å². The van der Waals surface area contributed by atoms with Gasteiger partial charge in [0.15, 0.2) is 0 Å². The van der Waals surface area contributed by atoms with Gasteiger partial charge in [-0.3, -0.25) is 0 Å². The second-order valence-corrected chi connectivity index (χ2v) is 5.30. The molecule has 2 aromatic rings. The Morgan fingerprint density at radius 3 is 2.75 bits per heavy atom. The summed E-state index contributed by atoms with van der Waals surface area (Å²) >= 11 is 0. The molecule has 1 aromatic carbocycles. The zero-order valence-corrected chi connectivity index (χ0v) is 11.7. The van der Waals surface area contributed by atoms with E-state index < -0.39 is 0 Å². The number of urea groups is 1. The number of carbonyl (C=O) groups is 1. The van der Waals surface area contributed by atoms with Crippen molar-refractivity contribution >= 4 is 11.7 Å². The number of aryl methyl sites for hydroxylation is 2. The first-order valence-corrected chi connectivity index (χ1v) is 6.74. The molecule has 104 valence electrons. The van der Waals surface area contributed by atoms with Gasteiger partial charge in [-0.15, -0.1) is 0 Å². The summed E-state index contributed by atoms with van der Waals surface area (Å²) in [5.41, 5.74) is 3.26. The third-order valence-corrected chi connectivity index (χ3v) is 3.85. The molecule has 5 heteroatoms. The van der Waals surface area contributed by atoms with Crippen molar-refractivity contribution < 1.29 is 4.79 Å². The monoisotopic (exact) mass is 270 g/mol. The summed E-state index contributed by atoms with van der Waals surface area (Å²) in [6.45, 7) is 5.57. The number of nitrogens with one attached hydrogen (secondary N) is 1. The molecule has 0 radical (unpaired) electrons. The topological polar surface area (TPSA) is 50.2 Å². The zero-order valence-electron chi connectivity index (χ0n) is 11.7. The van der Waals surface area contributed by atoms with E-state index in [4.69, 9.17) is 0 Å². The van der Waals surface area contributed by atoms with Crippen LogP contribution in [0.15, 0.2) is 36.9 Å². The van der Waals surface area contributed by atoms with Crippen LogP contribution >= 0.6 is 0 Å². The number of likely N-dealkylation sites (tertiary alicyclic amines) is 1. The van der Waals surface area contributed by atoms with Gasteiger partial charge in [0.1, 0.15) is 0 Å². The molecule has 2 heterocycles. The van der Waals surface area contributed by atoms with Crippen molar-refractivity contribution in [1.82, 2.24) is 14.5 Å². The van der Waals surface area contributed by atoms with Crippen LogP contribution in [0.5, 0.6) is 0 Å². The van der Waals surface area contributed by atoms with Gasteiger partial charge in [-0.2, -0.15) is 0 Å². The second-order valence-electron chi connectivity index (χ2n) is 5.30. The summed E-state index contributed by atoms with van der Waals surface area (Å²) in [6.07, 6.45) is 5.49. The predicted molar refractivity (Wildman–Crippen MR) is 77.8 cm³/mol. The largest absolute Gasteiger partial charge is 0.331 e. The molecule has 0 saturated carbocycles. The number of benzene rings is 1. The van der Waals surface area contributed by atoms with Crippen LogP contribution in [0.1, 0.15) is 17.2 Å². The highest BCUT2D eigenvalue weighted by Crippen LogP contribution is 2.22. The minimum Gasteiger partial charge on any atom is -0.331 e. The Morgan fingerprint density at radius 2 is 2.10 bits per heavy atom. The molecule has 2 amide bonds. The number of aromatic nitrogens is 2. The first-order valence-electron chi connectivity index (χ1n) is 6.74. The molecule has 0 unspecified atom stereocenters. The molecule has 0 atom stereocenters. The van der Waals surface area contributed by atoms with Crippen LogP contribution in [0.25, 0.3) is 0 Å². The van der Waals surface area contributed by atoms with E-state index in [-0.39, 0.29) is 6.03 Å². The second kappa shape index (κ2) is 5.00. The molecule has 1 saturated heterocycles. The standard InChI is InChI=1S/C15H18N4O/c1-11-3-4-13(7-12(11)2)17-15(20)19-8-14(9-19)18-6-5-16-10-18/h3-7,10,14H,8-9H2,1-2H3,(H,17,20). The molecule has 1 fully saturated rings. The number of imidazole rings is 1. The van der Waals surface area contributed by atoms with Crippen LogP contribution in [0.3, 0.4) is 0 Å². The van der Waals surface area contributed by atoms with Gasteiger partial charge in [0.05, 0.1) is 12.4 Å². The molecule has 0 bridgehead atoms. The lowest BCUT2D eigenvalue weighted by Crippen LogP contribution is -2.52. The Bertz CT molecular complexity index is 615. The van der Waals surface area contributed by atoms with E-state index in [1.807, 2.05) is 35.9 Å². The average Bonchev–Trinajstić information content (AvgIpc) is 2.86. The van der Waals surface area contributed by atoms with Gasteiger partial charge < -0.3 is 14.8 Å².